The lowest BCUT2D eigenvalue weighted by Gasteiger charge is -2.22. The third-order valence-electron chi connectivity index (χ3n) is 4.15. The van der Waals surface area contributed by atoms with Gasteiger partial charge in [-0.05, 0) is 50.1 Å². The first-order valence-corrected chi connectivity index (χ1v) is 7.69. The van der Waals surface area contributed by atoms with Gasteiger partial charge in [0, 0.05) is 24.3 Å². The van der Waals surface area contributed by atoms with Crippen molar-refractivity contribution >= 4 is 35.6 Å². The number of nitrogens with zero attached hydrogens (tertiary/aromatic N) is 1. The van der Waals surface area contributed by atoms with Crippen LogP contribution in [-0.4, -0.2) is 30.9 Å². The van der Waals surface area contributed by atoms with Crippen molar-refractivity contribution in [3.63, 3.8) is 0 Å². The Balaban J connectivity index is 0.00000176. The molecule has 0 unspecified atom stereocenters. The van der Waals surface area contributed by atoms with Crippen molar-refractivity contribution in [1.29, 1.82) is 0 Å². The molecule has 2 aliphatic rings. The lowest BCUT2D eigenvalue weighted by molar-refractivity contribution is -0.119. The Labute approximate surface area is 136 Å². The Morgan fingerprint density at radius 2 is 1.95 bits per heavy atom. The normalized spacial score (nSPS) is 21.4. The van der Waals surface area contributed by atoms with Gasteiger partial charge in [-0.3, -0.25) is 9.59 Å². The summed E-state index contributed by atoms with van der Waals surface area (Å²) in [5.41, 5.74) is 1.69. The van der Waals surface area contributed by atoms with Gasteiger partial charge in [-0.25, -0.2) is 0 Å². The highest BCUT2D eigenvalue weighted by Gasteiger charge is 2.22. The van der Waals surface area contributed by atoms with Gasteiger partial charge in [0.25, 0.3) is 0 Å². The van der Waals surface area contributed by atoms with Crippen molar-refractivity contribution in [1.82, 2.24) is 5.32 Å². The van der Waals surface area contributed by atoms with Crippen molar-refractivity contribution in [2.75, 3.05) is 23.3 Å². The van der Waals surface area contributed by atoms with Crippen LogP contribution in [0.5, 0.6) is 0 Å². The average molecular weight is 324 g/mol. The minimum Gasteiger partial charge on any atom is -0.325 e. The lowest BCUT2D eigenvalue weighted by Crippen LogP contribution is -2.43. The van der Waals surface area contributed by atoms with Crippen LogP contribution in [0.1, 0.15) is 32.1 Å². The third-order valence-corrected chi connectivity index (χ3v) is 4.15. The van der Waals surface area contributed by atoms with Crippen molar-refractivity contribution in [2.45, 2.75) is 38.1 Å². The SMILES string of the molecule is Cl.O=C(Nc1ccc(N2CCCC2=O)cc1)[C@H]1CCCCN1. The number of rotatable bonds is 3. The Hall–Kier alpha value is -1.59. The van der Waals surface area contributed by atoms with Crippen LogP contribution >= 0.6 is 12.4 Å². The molecule has 2 saturated heterocycles. The fraction of sp³-hybridized carbons (Fsp3) is 0.500. The molecular weight excluding hydrogens is 302 g/mol. The van der Waals surface area contributed by atoms with Gasteiger partial charge >= 0.3 is 0 Å². The van der Waals surface area contributed by atoms with E-state index in [0.29, 0.717) is 6.42 Å². The van der Waals surface area contributed by atoms with Crippen LogP contribution in [0.25, 0.3) is 0 Å². The minimum atomic E-state index is -0.0846. The van der Waals surface area contributed by atoms with E-state index >= 15 is 0 Å². The van der Waals surface area contributed by atoms with E-state index in [9.17, 15) is 9.59 Å². The van der Waals surface area contributed by atoms with Crippen LogP contribution in [0.4, 0.5) is 11.4 Å². The number of nitrogens with one attached hydrogen (secondary N) is 2. The molecule has 0 radical (unpaired) electrons. The van der Waals surface area contributed by atoms with E-state index in [1.807, 2.05) is 24.3 Å². The number of carbonyl (C=O) groups excluding carboxylic acids is 2. The van der Waals surface area contributed by atoms with Crippen molar-refractivity contribution < 1.29 is 9.59 Å². The number of carbonyl (C=O) groups is 2. The first-order valence-electron chi connectivity index (χ1n) is 7.69. The summed E-state index contributed by atoms with van der Waals surface area (Å²) >= 11 is 0. The summed E-state index contributed by atoms with van der Waals surface area (Å²) in [5.74, 6) is 0.206. The summed E-state index contributed by atoms with van der Waals surface area (Å²) in [6.45, 7) is 1.70. The van der Waals surface area contributed by atoms with E-state index in [-0.39, 0.29) is 30.3 Å². The summed E-state index contributed by atoms with van der Waals surface area (Å²) in [6, 6.07) is 7.43. The first kappa shape index (κ1) is 16.8. The Morgan fingerprint density at radius 3 is 2.55 bits per heavy atom. The van der Waals surface area contributed by atoms with Crippen LogP contribution in [0.3, 0.4) is 0 Å². The van der Waals surface area contributed by atoms with E-state index in [0.717, 1.165) is 50.1 Å². The monoisotopic (exact) mass is 323 g/mol. The first-order chi connectivity index (χ1) is 10.2. The maximum absolute atomic E-state index is 12.1. The lowest BCUT2D eigenvalue weighted by atomic mass is 10.0. The highest BCUT2D eigenvalue weighted by molar-refractivity contribution is 5.97. The summed E-state index contributed by atoms with van der Waals surface area (Å²) in [4.78, 5) is 25.6. The largest absolute Gasteiger partial charge is 0.325 e. The molecule has 3 rings (SSSR count). The molecule has 2 fully saturated rings. The maximum Gasteiger partial charge on any atom is 0.241 e. The van der Waals surface area contributed by atoms with Crippen LogP contribution < -0.4 is 15.5 Å². The van der Waals surface area contributed by atoms with E-state index in [1.165, 1.54) is 0 Å². The molecular formula is C16H22ClN3O2. The molecule has 2 heterocycles. The van der Waals surface area contributed by atoms with Gasteiger partial charge < -0.3 is 15.5 Å². The molecule has 0 aliphatic carbocycles. The molecule has 120 valence electrons. The summed E-state index contributed by atoms with van der Waals surface area (Å²) < 4.78 is 0. The van der Waals surface area contributed by atoms with Crippen LogP contribution in [0.2, 0.25) is 0 Å². The van der Waals surface area contributed by atoms with Crippen LogP contribution in [0.15, 0.2) is 24.3 Å². The zero-order chi connectivity index (χ0) is 14.7. The molecule has 0 saturated carbocycles. The standard InChI is InChI=1S/C16H21N3O2.ClH/c20-15-5-3-11-19(15)13-8-6-12(7-9-13)18-16(21)14-4-1-2-10-17-14;/h6-9,14,17H,1-5,10-11H2,(H,18,21);1H/t14-;/m1./s1. The van der Waals surface area contributed by atoms with Crippen molar-refractivity contribution in [3.8, 4) is 0 Å². The van der Waals surface area contributed by atoms with E-state index < -0.39 is 0 Å². The van der Waals surface area contributed by atoms with Gasteiger partial charge in [-0.15, -0.1) is 12.4 Å². The van der Waals surface area contributed by atoms with Gasteiger partial charge in [-0.2, -0.15) is 0 Å². The third kappa shape index (κ3) is 3.78. The second-order valence-electron chi connectivity index (χ2n) is 5.69. The molecule has 2 aliphatic heterocycles. The highest BCUT2D eigenvalue weighted by atomic mass is 35.5. The molecule has 0 bridgehead atoms. The second-order valence-corrected chi connectivity index (χ2v) is 5.69. The van der Waals surface area contributed by atoms with Gasteiger partial charge in [0.1, 0.15) is 0 Å². The zero-order valence-corrected chi connectivity index (χ0v) is 13.3. The topological polar surface area (TPSA) is 61.4 Å². The zero-order valence-electron chi connectivity index (χ0n) is 12.5. The number of piperidine rings is 1. The fourth-order valence-corrected chi connectivity index (χ4v) is 2.95. The molecule has 6 heteroatoms. The quantitative estimate of drug-likeness (QED) is 0.897. The van der Waals surface area contributed by atoms with Gasteiger partial charge in [-0.1, -0.05) is 6.42 Å². The summed E-state index contributed by atoms with van der Waals surface area (Å²) in [6.07, 6.45) is 4.69. The van der Waals surface area contributed by atoms with Crippen LogP contribution in [0, 0.1) is 0 Å². The van der Waals surface area contributed by atoms with Crippen molar-refractivity contribution in [2.24, 2.45) is 0 Å². The van der Waals surface area contributed by atoms with E-state index in [1.54, 1.807) is 4.90 Å². The average Bonchev–Trinajstić information content (AvgIpc) is 2.95. The smallest absolute Gasteiger partial charge is 0.241 e. The predicted molar refractivity (Wildman–Crippen MR) is 89.5 cm³/mol. The van der Waals surface area contributed by atoms with E-state index in [2.05, 4.69) is 10.6 Å². The van der Waals surface area contributed by atoms with Gasteiger partial charge in [0.05, 0.1) is 6.04 Å². The number of benzene rings is 1. The number of halogens is 1. The Kier molecular flexibility index (Phi) is 5.80. The van der Waals surface area contributed by atoms with Crippen LogP contribution in [-0.2, 0) is 9.59 Å². The molecule has 2 amide bonds. The number of hydrogen-bond donors (Lipinski definition) is 2. The molecule has 5 nitrogen and oxygen atoms in total. The molecule has 2 N–H and O–H groups in total. The van der Waals surface area contributed by atoms with Gasteiger partial charge in [0.15, 0.2) is 0 Å². The fourth-order valence-electron chi connectivity index (χ4n) is 2.95. The Morgan fingerprint density at radius 1 is 1.18 bits per heavy atom. The molecule has 1 atom stereocenters. The second kappa shape index (κ2) is 7.61. The number of amides is 2. The predicted octanol–water partition coefficient (Wildman–Crippen LogP) is 2.32. The molecule has 0 aromatic heterocycles. The summed E-state index contributed by atoms with van der Waals surface area (Å²) in [5, 5.41) is 6.17. The number of hydrogen-bond acceptors (Lipinski definition) is 3. The molecule has 22 heavy (non-hydrogen) atoms. The van der Waals surface area contributed by atoms with Crippen molar-refractivity contribution in [3.05, 3.63) is 24.3 Å². The minimum absolute atomic E-state index is 0. The Bertz CT molecular complexity index is 527. The van der Waals surface area contributed by atoms with E-state index in [4.69, 9.17) is 0 Å². The molecule has 1 aromatic carbocycles. The molecule has 0 spiro atoms. The summed E-state index contributed by atoms with van der Waals surface area (Å²) in [7, 11) is 0. The number of anilines is 2. The molecule has 1 aromatic rings. The van der Waals surface area contributed by atoms with Gasteiger partial charge in [0.2, 0.25) is 11.8 Å². The highest BCUT2D eigenvalue weighted by Crippen LogP contribution is 2.23. The maximum atomic E-state index is 12.1.